The Kier molecular flexibility index (Phi) is 4.33. The molecule has 1 N–H and O–H groups in total. The van der Waals surface area contributed by atoms with Gasteiger partial charge in [-0.2, -0.15) is 0 Å². The fraction of sp³-hybridized carbons (Fsp3) is 0.318. The third-order valence-corrected chi connectivity index (χ3v) is 7.22. The van der Waals surface area contributed by atoms with E-state index in [1.165, 1.54) is 17.0 Å². The van der Waals surface area contributed by atoms with Gasteiger partial charge in [0, 0.05) is 21.7 Å². The summed E-state index contributed by atoms with van der Waals surface area (Å²) in [6.45, 7) is 2.84. The zero-order chi connectivity index (χ0) is 19.3. The van der Waals surface area contributed by atoms with Crippen molar-refractivity contribution in [3.05, 3.63) is 54.3 Å². The molecule has 3 aromatic rings. The maximum Gasteiger partial charge on any atom is 0.412 e. The van der Waals surface area contributed by atoms with Crippen LogP contribution in [-0.4, -0.2) is 41.8 Å². The molecule has 1 atom stereocenters. The van der Waals surface area contributed by atoms with Crippen LogP contribution in [-0.2, 0) is 0 Å². The zero-order valence-corrected chi connectivity index (χ0v) is 16.2. The van der Waals surface area contributed by atoms with Crippen LogP contribution in [0.5, 0.6) is 0 Å². The van der Waals surface area contributed by atoms with E-state index in [4.69, 9.17) is 0 Å². The number of carbonyl (C=O) groups is 1. The molecule has 3 aliphatic rings. The smallest absolute Gasteiger partial charge is 0.412 e. The number of benzene rings is 2. The van der Waals surface area contributed by atoms with Gasteiger partial charge in [0.25, 0.3) is 0 Å². The molecule has 0 saturated carbocycles. The highest BCUT2D eigenvalue weighted by Crippen LogP contribution is 2.42. The van der Waals surface area contributed by atoms with Gasteiger partial charge >= 0.3 is 6.09 Å². The van der Waals surface area contributed by atoms with E-state index < -0.39 is 6.09 Å². The fourth-order valence-electron chi connectivity index (χ4n) is 4.68. The fourth-order valence-corrected chi connectivity index (χ4v) is 5.77. The minimum Gasteiger partial charge on any atom is -0.465 e. The molecule has 1 amide bonds. The summed E-state index contributed by atoms with van der Waals surface area (Å²) in [5, 5.41) is 11.2. The zero-order valence-electron chi connectivity index (χ0n) is 15.3. The predicted octanol–water partition coefficient (Wildman–Crippen LogP) is 5.29. The molecule has 6 heteroatoms. The summed E-state index contributed by atoms with van der Waals surface area (Å²) in [5.74, 6) is 0.0110. The molecule has 3 aliphatic heterocycles. The third-order valence-electron chi connectivity index (χ3n) is 6.07. The van der Waals surface area contributed by atoms with Crippen molar-refractivity contribution < 1.29 is 14.3 Å². The van der Waals surface area contributed by atoms with Gasteiger partial charge in [0.2, 0.25) is 0 Å². The molecular weight excluding hydrogens is 375 g/mol. The van der Waals surface area contributed by atoms with Gasteiger partial charge in [-0.25, -0.2) is 9.18 Å². The molecule has 3 saturated heterocycles. The van der Waals surface area contributed by atoms with Crippen molar-refractivity contribution in [1.82, 2.24) is 4.90 Å². The van der Waals surface area contributed by atoms with Crippen LogP contribution in [0.2, 0.25) is 0 Å². The van der Waals surface area contributed by atoms with Gasteiger partial charge in [-0.15, -0.1) is 11.3 Å². The Bertz CT molecular complexity index is 1010. The average Bonchev–Trinajstić information content (AvgIpc) is 3.14. The van der Waals surface area contributed by atoms with Crippen LogP contribution >= 0.6 is 11.3 Å². The lowest BCUT2D eigenvalue weighted by molar-refractivity contribution is 0.0838. The largest absolute Gasteiger partial charge is 0.465 e. The van der Waals surface area contributed by atoms with Crippen molar-refractivity contribution in [1.29, 1.82) is 0 Å². The number of halogens is 1. The molecule has 0 aliphatic carbocycles. The summed E-state index contributed by atoms with van der Waals surface area (Å²) in [5.41, 5.74) is 1.24. The molecule has 4 heterocycles. The van der Waals surface area contributed by atoms with Gasteiger partial charge in [-0.3, -0.25) is 4.90 Å². The Morgan fingerprint density at radius 3 is 2.61 bits per heavy atom. The number of hydrogen-bond donors (Lipinski definition) is 1. The molecule has 0 radical (unpaired) electrons. The SMILES string of the molecule is O=C(O)N(c1ccc(F)cc1-c1cc2ccccc2s1)C1CN2CCC1CC2. The monoisotopic (exact) mass is 396 g/mol. The van der Waals surface area contributed by atoms with Gasteiger partial charge < -0.3 is 10.0 Å². The minimum atomic E-state index is -0.965. The number of amides is 1. The Balaban J connectivity index is 1.63. The van der Waals surface area contributed by atoms with Crippen LogP contribution in [0, 0.1) is 11.7 Å². The quantitative estimate of drug-likeness (QED) is 0.655. The van der Waals surface area contributed by atoms with Crippen molar-refractivity contribution >= 4 is 33.2 Å². The Hall–Kier alpha value is -2.44. The predicted molar refractivity (Wildman–Crippen MR) is 111 cm³/mol. The molecule has 1 unspecified atom stereocenters. The molecular formula is C22H21FN2O2S. The summed E-state index contributed by atoms with van der Waals surface area (Å²) in [7, 11) is 0. The van der Waals surface area contributed by atoms with Crippen molar-refractivity contribution in [3.63, 3.8) is 0 Å². The number of carboxylic acid groups (broad SMARTS) is 1. The van der Waals surface area contributed by atoms with Gasteiger partial charge in [0.1, 0.15) is 5.82 Å². The van der Waals surface area contributed by atoms with Crippen LogP contribution in [0.25, 0.3) is 20.5 Å². The van der Waals surface area contributed by atoms with Crippen molar-refractivity contribution in [2.45, 2.75) is 18.9 Å². The van der Waals surface area contributed by atoms with Crippen molar-refractivity contribution in [2.24, 2.45) is 5.92 Å². The van der Waals surface area contributed by atoms with E-state index in [0.717, 1.165) is 47.4 Å². The highest BCUT2D eigenvalue weighted by Gasteiger charge is 2.40. The van der Waals surface area contributed by atoms with Crippen LogP contribution in [0.15, 0.2) is 48.5 Å². The molecule has 0 spiro atoms. The third kappa shape index (κ3) is 2.97. The minimum absolute atomic E-state index is 0.0846. The first-order valence-corrected chi connectivity index (χ1v) is 10.4. The van der Waals surface area contributed by atoms with Crippen molar-refractivity contribution in [3.8, 4) is 10.4 Å². The summed E-state index contributed by atoms with van der Waals surface area (Å²) < 4.78 is 15.3. The molecule has 2 bridgehead atoms. The first kappa shape index (κ1) is 17.6. The molecule has 1 aromatic heterocycles. The number of piperidine rings is 3. The summed E-state index contributed by atoms with van der Waals surface area (Å²) >= 11 is 1.57. The molecule has 6 rings (SSSR count). The molecule has 3 fully saturated rings. The number of hydrogen-bond acceptors (Lipinski definition) is 3. The molecule has 144 valence electrons. The average molecular weight is 396 g/mol. The van der Waals surface area contributed by atoms with Crippen LogP contribution in [0.3, 0.4) is 0 Å². The van der Waals surface area contributed by atoms with E-state index in [1.807, 2.05) is 30.3 Å². The van der Waals surface area contributed by atoms with Gasteiger partial charge in [0.05, 0.1) is 11.7 Å². The number of fused-ring (bicyclic) bond motifs is 4. The lowest BCUT2D eigenvalue weighted by Crippen LogP contribution is -2.58. The van der Waals surface area contributed by atoms with Gasteiger partial charge in [-0.05, 0) is 67.6 Å². The van der Waals surface area contributed by atoms with Crippen LogP contribution < -0.4 is 4.90 Å². The highest BCUT2D eigenvalue weighted by atomic mass is 32.1. The normalized spacial score (nSPS) is 23.8. The van der Waals surface area contributed by atoms with Crippen LogP contribution in [0.1, 0.15) is 12.8 Å². The maximum absolute atomic E-state index is 14.2. The molecule has 28 heavy (non-hydrogen) atoms. The van der Waals surface area contributed by atoms with Gasteiger partial charge in [-0.1, -0.05) is 18.2 Å². The summed E-state index contributed by atoms with van der Waals surface area (Å²) in [4.78, 5) is 17.1. The molecule has 2 aromatic carbocycles. The van der Waals surface area contributed by atoms with E-state index in [1.54, 1.807) is 17.4 Å². The lowest BCUT2D eigenvalue weighted by atomic mass is 9.83. The Morgan fingerprint density at radius 2 is 1.93 bits per heavy atom. The van der Waals surface area contributed by atoms with E-state index in [2.05, 4.69) is 4.90 Å². The summed E-state index contributed by atoms with van der Waals surface area (Å²) in [6, 6.07) is 14.4. The van der Waals surface area contributed by atoms with Crippen molar-refractivity contribution in [2.75, 3.05) is 24.5 Å². The summed E-state index contributed by atoms with van der Waals surface area (Å²) in [6.07, 6.45) is 1.08. The first-order chi connectivity index (χ1) is 13.6. The second kappa shape index (κ2) is 6.87. The highest BCUT2D eigenvalue weighted by molar-refractivity contribution is 7.22. The number of nitrogens with zero attached hydrogens (tertiary/aromatic N) is 2. The maximum atomic E-state index is 14.2. The Morgan fingerprint density at radius 1 is 1.14 bits per heavy atom. The van der Waals surface area contributed by atoms with E-state index in [0.29, 0.717) is 17.2 Å². The second-order valence-electron chi connectivity index (χ2n) is 7.67. The van der Waals surface area contributed by atoms with E-state index in [9.17, 15) is 14.3 Å². The number of thiophene rings is 1. The Labute approximate surface area is 166 Å². The van der Waals surface area contributed by atoms with Crippen LogP contribution in [0.4, 0.5) is 14.9 Å². The topological polar surface area (TPSA) is 43.8 Å². The number of anilines is 1. The standard InChI is InChI=1S/C22H21FN2O2S/c23-16-5-6-18(17(12-16)21-11-15-3-1-2-4-20(15)28-21)25(22(26)27)19-13-24-9-7-14(19)8-10-24/h1-6,11-12,14,19H,7-10,13H2,(H,26,27). The second-order valence-corrected chi connectivity index (χ2v) is 8.75. The first-order valence-electron chi connectivity index (χ1n) is 9.63. The number of rotatable bonds is 3. The molecule has 4 nitrogen and oxygen atoms in total. The van der Waals surface area contributed by atoms with Gasteiger partial charge in [0.15, 0.2) is 0 Å². The van der Waals surface area contributed by atoms with E-state index in [-0.39, 0.29) is 11.9 Å². The van der Waals surface area contributed by atoms with E-state index >= 15 is 0 Å². The lowest BCUT2D eigenvalue weighted by Gasteiger charge is -2.48.